The largest absolute Gasteiger partial charge is 0.308 e. The first-order valence-corrected chi connectivity index (χ1v) is 6.83. The fraction of sp³-hybridized carbons (Fsp3) is 0.667. The van der Waals surface area contributed by atoms with Gasteiger partial charge >= 0.3 is 0 Å². The summed E-state index contributed by atoms with van der Waals surface area (Å²) in [7, 11) is 0. The molecule has 0 amide bonds. The summed E-state index contributed by atoms with van der Waals surface area (Å²) < 4.78 is 0.219. The van der Waals surface area contributed by atoms with Crippen LogP contribution < -0.4 is 11.3 Å². The predicted octanol–water partition coefficient (Wildman–Crippen LogP) is 2.66. The van der Waals surface area contributed by atoms with Gasteiger partial charge in [0, 0.05) is 16.0 Å². The van der Waals surface area contributed by atoms with Crippen molar-refractivity contribution in [3.05, 3.63) is 17.1 Å². The molecule has 0 fully saturated rings. The average Bonchev–Trinajstić information content (AvgIpc) is 2.24. The molecule has 1 rings (SSSR count). The van der Waals surface area contributed by atoms with E-state index in [-0.39, 0.29) is 4.75 Å². The Morgan fingerprint density at radius 3 is 2.41 bits per heavy atom. The Bertz CT molecular complexity index is 385. The summed E-state index contributed by atoms with van der Waals surface area (Å²) in [5.41, 5.74) is 4.77. The fourth-order valence-electron chi connectivity index (χ4n) is 1.54. The summed E-state index contributed by atoms with van der Waals surface area (Å²) in [6, 6.07) is 0. The third kappa shape index (κ3) is 4.16. The monoisotopic (exact) mass is 254 g/mol. The molecule has 0 radical (unpaired) electrons. The van der Waals surface area contributed by atoms with E-state index in [1.807, 2.05) is 18.7 Å². The number of rotatable bonds is 4. The third-order valence-corrected chi connectivity index (χ3v) is 3.65. The van der Waals surface area contributed by atoms with Gasteiger partial charge in [-0.1, -0.05) is 27.7 Å². The van der Waals surface area contributed by atoms with Crippen LogP contribution >= 0.6 is 11.8 Å². The van der Waals surface area contributed by atoms with Crippen molar-refractivity contribution in [3.8, 4) is 0 Å². The van der Waals surface area contributed by atoms with E-state index in [1.165, 1.54) is 0 Å². The van der Waals surface area contributed by atoms with Gasteiger partial charge in [-0.2, -0.15) is 0 Å². The molecule has 0 aliphatic rings. The Labute approximate surface area is 108 Å². The minimum absolute atomic E-state index is 0.219. The topological polar surface area (TPSA) is 63.8 Å². The number of thioether (sulfide) groups is 1. The molecule has 1 heterocycles. The molecule has 0 atom stereocenters. The van der Waals surface area contributed by atoms with Crippen molar-refractivity contribution >= 4 is 17.6 Å². The standard InChI is InChI=1S/C12H22N4S/c1-6-9-8(2)14-10(15-11(9)16-13)7-17-12(3,4)5/h6-7,13H2,1-5H3,(H,14,15,16). The van der Waals surface area contributed by atoms with E-state index < -0.39 is 0 Å². The van der Waals surface area contributed by atoms with Crippen molar-refractivity contribution in [2.75, 3.05) is 5.43 Å². The van der Waals surface area contributed by atoms with Gasteiger partial charge in [0.25, 0.3) is 0 Å². The maximum Gasteiger partial charge on any atom is 0.147 e. The number of nitrogens with zero attached hydrogens (tertiary/aromatic N) is 2. The number of anilines is 1. The van der Waals surface area contributed by atoms with E-state index in [1.54, 1.807) is 0 Å². The number of hydrogen-bond donors (Lipinski definition) is 2. The molecule has 3 N–H and O–H groups in total. The minimum Gasteiger partial charge on any atom is -0.308 e. The second-order valence-corrected chi connectivity index (χ2v) is 6.75. The Morgan fingerprint density at radius 2 is 1.94 bits per heavy atom. The first-order valence-electron chi connectivity index (χ1n) is 5.84. The summed E-state index contributed by atoms with van der Waals surface area (Å²) in [5, 5.41) is 0. The van der Waals surface area contributed by atoms with Crippen LogP contribution in [-0.4, -0.2) is 14.7 Å². The summed E-state index contributed by atoms with van der Waals surface area (Å²) in [6.45, 7) is 10.6. The van der Waals surface area contributed by atoms with Gasteiger partial charge in [-0.15, -0.1) is 11.8 Å². The zero-order valence-corrected chi connectivity index (χ0v) is 12.1. The minimum atomic E-state index is 0.219. The smallest absolute Gasteiger partial charge is 0.147 e. The maximum absolute atomic E-state index is 5.50. The second-order valence-electron chi connectivity index (χ2n) is 4.95. The molecule has 17 heavy (non-hydrogen) atoms. The Kier molecular flexibility index (Phi) is 4.77. The zero-order chi connectivity index (χ0) is 13.1. The van der Waals surface area contributed by atoms with Gasteiger partial charge in [0.05, 0.1) is 5.75 Å². The molecular formula is C12H22N4S. The van der Waals surface area contributed by atoms with Crippen molar-refractivity contribution in [1.29, 1.82) is 0 Å². The number of nitrogens with two attached hydrogens (primary N) is 1. The molecule has 1 aromatic rings. The van der Waals surface area contributed by atoms with Gasteiger partial charge in [0.2, 0.25) is 0 Å². The summed E-state index contributed by atoms with van der Waals surface area (Å²) in [5.74, 6) is 7.90. The highest BCUT2D eigenvalue weighted by atomic mass is 32.2. The molecule has 0 spiro atoms. The van der Waals surface area contributed by atoms with Crippen molar-refractivity contribution < 1.29 is 0 Å². The van der Waals surface area contributed by atoms with Gasteiger partial charge in [-0.25, -0.2) is 15.8 Å². The normalized spacial score (nSPS) is 11.6. The molecule has 0 unspecified atom stereocenters. The quantitative estimate of drug-likeness (QED) is 0.639. The van der Waals surface area contributed by atoms with Gasteiger partial charge in [0.15, 0.2) is 0 Å². The van der Waals surface area contributed by atoms with E-state index in [0.717, 1.165) is 35.1 Å². The molecule has 1 aromatic heterocycles. The van der Waals surface area contributed by atoms with Gasteiger partial charge < -0.3 is 5.43 Å². The van der Waals surface area contributed by atoms with Crippen molar-refractivity contribution in [2.45, 2.75) is 51.5 Å². The lowest BCUT2D eigenvalue weighted by molar-refractivity contribution is 0.799. The Hall–Kier alpha value is -0.810. The van der Waals surface area contributed by atoms with E-state index in [0.29, 0.717) is 0 Å². The molecule has 5 heteroatoms. The summed E-state index contributed by atoms with van der Waals surface area (Å²) in [4.78, 5) is 8.99. The molecule has 0 aromatic carbocycles. The van der Waals surface area contributed by atoms with E-state index in [4.69, 9.17) is 5.84 Å². The highest BCUT2D eigenvalue weighted by Crippen LogP contribution is 2.27. The number of hydrogen-bond acceptors (Lipinski definition) is 5. The molecule has 0 aliphatic heterocycles. The van der Waals surface area contributed by atoms with Crippen LogP contribution in [0.15, 0.2) is 0 Å². The van der Waals surface area contributed by atoms with Crippen LogP contribution in [0.3, 0.4) is 0 Å². The first kappa shape index (κ1) is 14.3. The SMILES string of the molecule is CCc1c(C)nc(CSC(C)(C)C)nc1NN. The van der Waals surface area contributed by atoms with Gasteiger partial charge in [-0.3, -0.25) is 0 Å². The second kappa shape index (κ2) is 5.69. The van der Waals surface area contributed by atoms with Crippen LogP contribution in [0.2, 0.25) is 0 Å². The number of hydrazine groups is 1. The van der Waals surface area contributed by atoms with Gasteiger partial charge in [0.1, 0.15) is 11.6 Å². The maximum atomic E-state index is 5.50. The van der Waals surface area contributed by atoms with Gasteiger partial charge in [-0.05, 0) is 13.3 Å². The van der Waals surface area contributed by atoms with Crippen LogP contribution in [0.5, 0.6) is 0 Å². The molecule has 0 saturated heterocycles. The fourth-order valence-corrected chi connectivity index (χ4v) is 2.23. The lowest BCUT2D eigenvalue weighted by Crippen LogP contribution is -2.15. The molecule has 0 saturated carbocycles. The molecule has 0 aliphatic carbocycles. The van der Waals surface area contributed by atoms with Crippen LogP contribution in [0.25, 0.3) is 0 Å². The van der Waals surface area contributed by atoms with Crippen molar-refractivity contribution in [3.63, 3.8) is 0 Å². The zero-order valence-electron chi connectivity index (χ0n) is 11.3. The van der Waals surface area contributed by atoms with Crippen LogP contribution in [0, 0.1) is 6.92 Å². The lowest BCUT2D eigenvalue weighted by Gasteiger charge is -2.17. The molecular weight excluding hydrogens is 232 g/mol. The van der Waals surface area contributed by atoms with Crippen molar-refractivity contribution in [1.82, 2.24) is 9.97 Å². The lowest BCUT2D eigenvalue weighted by atomic mass is 10.2. The third-order valence-electron chi connectivity index (χ3n) is 2.38. The van der Waals surface area contributed by atoms with Crippen LogP contribution in [0.4, 0.5) is 5.82 Å². The average molecular weight is 254 g/mol. The van der Waals surface area contributed by atoms with Crippen LogP contribution in [0.1, 0.15) is 44.8 Å². The predicted molar refractivity (Wildman–Crippen MR) is 75.0 cm³/mol. The van der Waals surface area contributed by atoms with E-state index >= 15 is 0 Å². The first-order chi connectivity index (χ1) is 7.87. The number of aromatic nitrogens is 2. The summed E-state index contributed by atoms with van der Waals surface area (Å²) in [6.07, 6.45) is 0.887. The van der Waals surface area contributed by atoms with E-state index in [2.05, 4.69) is 43.1 Å². The Morgan fingerprint density at radius 1 is 1.29 bits per heavy atom. The number of nitrogen functional groups attached to an aromatic ring is 1. The highest BCUT2D eigenvalue weighted by Gasteiger charge is 2.14. The highest BCUT2D eigenvalue weighted by molar-refractivity contribution is 7.99. The Balaban J connectivity index is 2.92. The molecule has 0 bridgehead atoms. The number of aryl methyl sites for hydroxylation is 1. The van der Waals surface area contributed by atoms with Crippen molar-refractivity contribution in [2.24, 2.45) is 5.84 Å². The molecule has 4 nitrogen and oxygen atoms in total. The van der Waals surface area contributed by atoms with Crippen LogP contribution in [-0.2, 0) is 12.2 Å². The van der Waals surface area contributed by atoms with E-state index in [9.17, 15) is 0 Å². The summed E-state index contributed by atoms with van der Waals surface area (Å²) >= 11 is 1.83. The number of nitrogens with one attached hydrogen (secondary N) is 1. The molecule has 96 valence electrons.